The molecule has 1 N–H and O–H groups in total. The van der Waals surface area contributed by atoms with Gasteiger partial charge < -0.3 is 4.74 Å². The molecule has 0 amide bonds. The first-order valence-corrected chi connectivity index (χ1v) is 7.20. The fourth-order valence-electron chi connectivity index (χ4n) is 1.93. The van der Waals surface area contributed by atoms with Crippen LogP contribution in [0.4, 0.5) is 11.4 Å². The number of carbonyl (C=O) groups excluding carboxylic acids is 1. The number of benzene rings is 2. The zero-order chi connectivity index (χ0) is 16.5. The van der Waals surface area contributed by atoms with Gasteiger partial charge in [0, 0.05) is 6.20 Å². The average Bonchev–Trinajstić information content (AvgIpc) is 2.60. The molecular formula is C18H17N3O2. The summed E-state index contributed by atoms with van der Waals surface area (Å²) in [7, 11) is 0. The van der Waals surface area contributed by atoms with Crippen molar-refractivity contribution >= 4 is 17.3 Å². The predicted molar refractivity (Wildman–Crippen MR) is 88.5 cm³/mol. The number of hydrogen-bond donors (Lipinski definition) is 1. The molecule has 0 aliphatic carbocycles. The average molecular weight is 307 g/mol. The number of hydrazine groups is 1. The van der Waals surface area contributed by atoms with Crippen LogP contribution in [0, 0.1) is 11.3 Å². The minimum atomic E-state index is -0.649. The van der Waals surface area contributed by atoms with Crippen LogP contribution in [0.25, 0.3) is 0 Å². The van der Waals surface area contributed by atoms with Gasteiger partial charge in [-0.25, -0.2) is 4.79 Å². The highest BCUT2D eigenvalue weighted by Crippen LogP contribution is 2.22. The van der Waals surface area contributed by atoms with Crippen molar-refractivity contribution in [3.8, 4) is 6.07 Å². The molecule has 0 bridgehead atoms. The molecule has 116 valence electrons. The highest BCUT2D eigenvalue weighted by atomic mass is 16.5. The van der Waals surface area contributed by atoms with E-state index in [1.54, 1.807) is 11.9 Å². The second-order valence-electron chi connectivity index (χ2n) is 4.53. The van der Waals surface area contributed by atoms with Gasteiger partial charge in [0.15, 0.2) is 5.57 Å². The summed E-state index contributed by atoms with van der Waals surface area (Å²) in [5.74, 6) is -0.649. The van der Waals surface area contributed by atoms with Gasteiger partial charge in [0.2, 0.25) is 0 Å². The Balaban J connectivity index is 2.29. The molecule has 0 saturated carbocycles. The lowest BCUT2D eigenvalue weighted by atomic mass is 10.2. The maximum atomic E-state index is 11.7. The third-order valence-electron chi connectivity index (χ3n) is 2.98. The highest BCUT2D eigenvalue weighted by Gasteiger charge is 2.12. The minimum absolute atomic E-state index is 0.0938. The Morgan fingerprint density at radius 3 is 2.09 bits per heavy atom. The van der Waals surface area contributed by atoms with E-state index in [9.17, 15) is 4.79 Å². The third-order valence-corrected chi connectivity index (χ3v) is 2.98. The Morgan fingerprint density at radius 2 is 1.65 bits per heavy atom. The van der Waals surface area contributed by atoms with Crippen molar-refractivity contribution in [3.05, 3.63) is 72.4 Å². The first-order chi connectivity index (χ1) is 11.3. The number of hydrogen-bond acceptors (Lipinski definition) is 5. The van der Waals surface area contributed by atoms with Crippen molar-refractivity contribution in [2.75, 3.05) is 11.6 Å². The molecule has 0 radical (unpaired) electrons. The number of nitrogens with zero attached hydrogens (tertiary/aromatic N) is 2. The fourth-order valence-corrected chi connectivity index (χ4v) is 1.93. The standard InChI is InChI=1S/C18H17N3O2/c1-2-23-18(22)15(13-19)14-20-21(16-9-5-3-6-10-16)17-11-7-4-8-12-17/h3-12,14,20H,2H2,1H3/b15-14+. The maximum absolute atomic E-state index is 11.7. The molecule has 23 heavy (non-hydrogen) atoms. The number of para-hydroxylation sites is 2. The van der Waals surface area contributed by atoms with Gasteiger partial charge in [-0.1, -0.05) is 36.4 Å². The quantitative estimate of drug-likeness (QED) is 0.384. The van der Waals surface area contributed by atoms with Crippen LogP contribution in [-0.2, 0) is 9.53 Å². The predicted octanol–water partition coefficient (Wildman–Crippen LogP) is 3.30. The van der Waals surface area contributed by atoms with E-state index in [0.29, 0.717) is 0 Å². The SMILES string of the molecule is CCOC(=O)/C(C#N)=C/NN(c1ccccc1)c1ccccc1. The molecule has 0 fully saturated rings. The van der Waals surface area contributed by atoms with Crippen LogP contribution >= 0.6 is 0 Å². The van der Waals surface area contributed by atoms with Crippen molar-refractivity contribution in [3.63, 3.8) is 0 Å². The molecule has 0 aliphatic rings. The summed E-state index contributed by atoms with van der Waals surface area (Å²) in [5, 5.41) is 10.9. The van der Waals surface area contributed by atoms with E-state index in [0.717, 1.165) is 11.4 Å². The van der Waals surface area contributed by atoms with Gasteiger partial charge in [0.1, 0.15) is 6.07 Å². The fraction of sp³-hybridized carbons (Fsp3) is 0.111. The number of anilines is 2. The van der Waals surface area contributed by atoms with Crippen LogP contribution in [0.3, 0.4) is 0 Å². The minimum Gasteiger partial charge on any atom is -0.462 e. The zero-order valence-corrected chi connectivity index (χ0v) is 12.8. The molecule has 2 rings (SSSR count). The zero-order valence-electron chi connectivity index (χ0n) is 12.8. The number of nitriles is 1. The van der Waals surface area contributed by atoms with Crippen molar-refractivity contribution < 1.29 is 9.53 Å². The highest BCUT2D eigenvalue weighted by molar-refractivity contribution is 5.92. The van der Waals surface area contributed by atoms with Crippen LogP contribution in [0.1, 0.15) is 6.92 Å². The van der Waals surface area contributed by atoms with E-state index in [2.05, 4.69) is 5.43 Å². The lowest BCUT2D eigenvalue weighted by Crippen LogP contribution is -2.30. The largest absolute Gasteiger partial charge is 0.462 e. The molecule has 0 aromatic heterocycles. The van der Waals surface area contributed by atoms with Crippen molar-refractivity contribution in [2.45, 2.75) is 6.92 Å². The smallest absolute Gasteiger partial charge is 0.350 e. The van der Waals surface area contributed by atoms with E-state index in [-0.39, 0.29) is 12.2 Å². The number of carbonyl (C=O) groups is 1. The lowest BCUT2D eigenvalue weighted by molar-refractivity contribution is -0.138. The Kier molecular flexibility index (Phi) is 5.78. The van der Waals surface area contributed by atoms with Gasteiger partial charge in [-0.2, -0.15) is 5.26 Å². The first kappa shape index (κ1) is 16.1. The molecule has 0 spiro atoms. The summed E-state index contributed by atoms with van der Waals surface area (Å²) in [5.41, 5.74) is 4.64. The van der Waals surface area contributed by atoms with Crippen molar-refractivity contribution in [2.24, 2.45) is 0 Å². The number of nitrogens with one attached hydrogen (secondary N) is 1. The molecule has 0 atom stereocenters. The molecule has 0 saturated heterocycles. The van der Waals surface area contributed by atoms with Crippen LogP contribution in [0.5, 0.6) is 0 Å². The van der Waals surface area contributed by atoms with E-state index < -0.39 is 5.97 Å². The summed E-state index contributed by atoms with van der Waals surface area (Å²) >= 11 is 0. The van der Waals surface area contributed by atoms with Gasteiger partial charge >= 0.3 is 5.97 Å². The van der Waals surface area contributed by atoms with Gasteiger partial charge in [-0.15, -0.1) is 0 Å². The summed E-state index contributed by atoms with van der Waals surface area (Å²) in [6.45, 7) is 1.92. The van der Waals surface area contributed by atoms with Crippen LogP contribution in [-0.4, -0.2) is 12.6 Å². The second kappa shape index (κ2) is 8.25. The Morgan fingerprint density at radius 1 is 1.13 bits per heavy atom. The van der Waals surface area contributed by atoms with E-state index in [1.165, 1.54) is 6.20 Å². The molecule has 2 aromatic carbocycles. The maximum Gasteiger partial charge on any atom is 0.350 e. The Labute approximate surface area is 135 Å². The van der Waals surface area contributed by atoms with Gasteiger partial charge in [0.05, 0.1) is 18.0 Å². The number of ether oxygens (including phenoxy) is 1. The monoisotopic (exact) mass is 307 g/mol. The van der Waals surface area contributed by atoms with Crippen molar-refractivity contribution in [1.82, 2.24) is 5.43 Å². The molecule has 5 nitrogen and oxygen atoms in total. The summed E-state index contributed by atoms with van der Waals surface area (Å²) in [6, 6.07) is 21.0. The number of esters is 1. The first-order valence-electron chi connectivity index (χ1n) is 7.20. The number of rotatable bonds is 6. The molecule has 5 heteroatoms. The topological polar surface area (TPSA) is 65.4 Å². The third kappa shape index (κ3) is 4.35. The van der Waals surface area contributed by atoms with Crippen LogP contribution in [0.15, 0.2) is 72.4 Å². The van der Waals surface area contributed by atoms with Gasteiger partial charge in [-0.3, -0.25) is 10.4 Å². The van der Waals surface area contributed by atoms with Crippen LogP contribution in [0.2, 0.25) is 0 Å². The van der Waals surface area contributed by atoms with E-state index >= 15 is 0 Å². The van der Waals surface area contributed by atoms with E-state index in [4.69, 9.17) is 10.00 Å². The molecule has 0 heterocycles. The van der Waals surface area contributed by atoms with E-state index in [1.807, 2.05) is 66.7 Å². The summed E-state index contributed by atoms with van der Waals surface area (Å²) < 4.78 is 4.85. The molecular weight excluding hydrogens is 290 g/mol. The Bertz CT molecular complexity index is 667. The molecule has 2 aromatic rings. The summed E-state index contributed by atoms with van der Waals surface area (Å²) in [6.07, 6.45) is 1.35. The Hall–Kier alpha value is -3.26. The van der Waals surface area contributed by atoms with Crippen LogP contribution < -0.4 is 10.4 Å². The lowest BCUT2D eigenvalue weighted by Gasteiger charge is -2.24. The van der Waals surface area contributed by atoms with Crippen molar-refractivity contribution in [1.29, 1.82) is 5.26 Å². The van der Waals surface area contributed by atoms with Gasteiger partial charge in [-0.05, 0) is 31.2 Å². The molecule has 0 aliphatic heterocycles. The summed E-state index contributed by atoms with van der Waals surface area (Å²) in [4.78, 5) is 11.7. The van der Waals surface area contributed by atoms with Gasteiger partial charge in [0.25, 0.3) is 0 Å². The molecule has 0 unspecified atom stereocenters. The second-order valence-corrected chi connectivity index (χ2v) is 4.53. The normalized spacial score (nSPS) is 10.5.